The molecule has 3 heteroatoms. The van der Waals surface area contributed by atoms with Crippen molar-refractivity contribution in [1.29, 1.82) is 0 Å². The lowest BCUT2D eigenvalue weighted by atomic mass is 9.99. The molecule has 0 bridgehead atoms. The van der Waals surface area contributed by atoms with Gasteiger partial charge in [-0.1, -0.05) is 31.2 Å². The standard InChI is InChI=1S/C18H25NO2/c1-4-10-21-13-16(19-2)11-15-7-5-6-14-8-9-17(20-3)12-18(14)15/h5-9,12,16,19H,4,10-11,13H2,1-3H3. The molecule has 0 saturated carbocycles. The zero-order valence-electron chi connectivity index (χ0n) is 13.2. The molecule has 0 heterocycles. The normalized spacial score (nSPS) is 12.5. The first-order valence-electron chi connectivity index (χ1n) is 7.59. The maximum absolute atomic E-state index is 5.68. The Bertz CT molecular complexity index is 568. The van der Waals surface area contributed by atoms with Gasteiger partial charge in [-0.15, -0.1) is 0 Å². The number of benzene rings is 2. The van der Waals surface area contributed by atoms with Crippen LogP contribution in [-0.4, -0.2) is 33.4 Å². The molecule has 0 aromatic heterocycles. The highest BCUT2D eigenvalue weighted by Gasteiger charge is 2.10. The fraction of sp³-hybridized carbons (Fsp3) is 0.444. The number of hydrogen-bond donors (Lipinski definition) is 1. The molecule has 21 heavy (non-hydrogen) atoms. The van der Waals surface area contributed by atoms with Crippen LogP contribution in [0.5, 0.6) is 5.75 Å². The van der Waals surface area contributed by atoms with Gasteiger partial charge in [0.05, 0.1) is 13.7 Å². The quantitative estimate of drug-likeness (QED) is 0.755. The molecular formula is C18H25NO2. The first-order chi connectivity index (χ1) is 10.3. The van der Waals surface area contributed by atoms with E-state index in [1.165, 1.54) is 16.3 Å². The number of fused-ring (bicyclic) bond motifs is 1. The summed E-state index contributed by atoms with van der Waals surface area (Å²) >= 11 is 0. The second kappa shape index (κ2) is 8.01. The minimum Gasteiger partial charge on any atom is -0.497 e. The van der Waals surface area contributed by atoms with Gasteiger partial charge >= 0.3 is 0 Å². The molecule has 2 aromatic carbocycles. The topological polar surface area (TPSA) is 30.5 Å². The van der Waals surface area contributed by atoms with Gasteiger partial charge in [-0.25, -0.2) is 0 Å². The van der Waals surface area contributed by atoms with E-state index >= 15 is 0 Å². The molecule has 0 aliphatic carbocycles. The van der Waals surface area contributed by atoms with Crippen molar-refractivity contribution in [3.63, 3.8) is 0 Å². The molecule has 0 fully saturated rings. The molecule has 0 aliphatic heterocycles. The highest BCUT2D eigenvalue weighted by atomic mass is 16.5. The van der Waals surface area contributed by atoms with E-state index in [4.69, 9.17) is 9.47 Å². The summed E-state index contributed by atoms with van der Waals surface area (Å²) < 4.78 is 11.0. The van der Waals surface area contributed by atoms with Crippen LogP contribution in [0.2, 0.25) is 0 Å². The number of hydrogen-bond acceptors (Lipinski definition) is 3. The van der Waals surface area contributed by atoms with Crippen LogP contribution < -0.4 is 10.1 Å². The fourth-order valence-corrected chi connectivity index (χ4v) is 2.50. The average Bonchev–Trinajstić information content (AvgIpc) is 2.53. The van der Waals surface area contributed by atoms with Crippen molar-refractivity contribution in [1.82, 2.24) is 5.32 Å². The Hall–Kier alpha value is -1.58. The van der Waals surface area contributed by atoms with Crippen molar-refractivity contribution in [2.45, 2.75) is 25.8 Å². The molecule has 2 rings (SSSR count). The summed E-state index contributed by atoms with van der Waals surface area (Å²) in [6.45, 7) is 3.69. The summed E-state index contributed by atoms with van der Waals surface area (Å²) in [7, 11) is 3.70. The van der Waals surface area contributed by atoms with E-state index in [0.717, 1.165) is 31.8 Å². The highest BCUT2D eigenvalue weighted by Crippen LogP contribution is 2.25. The Morgan fingerprint density at radius 2 is 2.05 bits per heavy atom. The van der Waals surface area contributed by atoms with Crippen LogP contribution in [0.3, 0.4) is 0 Å². The Balaban J connectivity index is 2.19. The highest BCUT2D eigenvalue weighted by molar-refractivity contribution is 5.87. The molecule has 0 radical (unpaired) electrons. The van der Waals surface area contributed by atoms with E-state index in [1.54, 1.807) is 7.11 Å². The largest absolute Gasteiger partial charge is 0.497 e. The lowest BCUT2D eigenvalue weighted by Gasteiger charge is -2.18. The van der Waals surface area contributed by atoms with E-state index < -0.39 is 0 Å². The van der Waals surface area contributed by atoms with Gasteiger partial charge in [0.1, 0.15) is 5.75 Å². The number of nitrogens with one attached hydrogen (secondary N) is 1. The van der Waals surface area contributed by atoms with Gasteiger partial charge in [0.15, 0.2) is 0 Å². The monoisotopic (exact) mass is 287 g/mol. The molecule has 0 saturated heterocycles. The van der Waals surface area contributed by atoms with Crippen LogP contribution in [-0.2, 0) is 11.2 Å². The average molecular weight is 287 g/mol. The van der Waals surface area contributed by atoms with Crippen LogP contribution in [0, 0.1) is 0 Å². The smallest absolute Gasteiger partial charge is 0.119 e. The van der Waals surface area contributed by atoms with Crippen LogP contribution >= 0.6 is 0 Å². The minimum atomic E-state index is 0.327. The van der Waals surface area contributed by atoms with Crippen molar-refractivity contribution in [2.24, 2.45) is 0 Å². The third-order valence-corrected chi connectivity index (χ3v) is 3.72. The number of rotatable bonds is 8. The van der Waals surface area contributed by atoms with E-state index in [0.29, 0.717) is 6.04 Å². The lowest BCUT2D eigenvalue weighted by molar-refractivity contribution is 0.114. The second-order valence-electron chi connectivity index (χ2n) is 5.27. The SMILES string of the molecule is CCCOCC(Cc1cccc2ccc(OC)cc12)NC. The molecule has 0 amide bonds. The Kier molecular flexibility index (Phi) is 6.03. The molecule has 2 aromatic rings. The molecule has 1 atom stereocenters. The zero-order valence-corrected chi connectivity index (χ0v) is 13.2. The summed E-state index contributed by atoms with van der Waals surface area (Å²) in [5.74, 6) is 0.901. The Morgan fingerprint density at radius 3 is 2.76 bits per heavy atom. The number of likely N-dealkylation sites (N-methyl/N-ethyl adjacent to an activating group) is 1. The summed E-state index contributed by atoms with van der Waals surface area (Å²) in [5.41, 5.74) is 1.32. The van der Waals surface area contributed by atoms with Gasteiger partial charge in [0.2, 0.25) is 0 Å². The van der Waals surface area contributed by atoms with Crippen molar-refractivity contribution in [2.75, 3.05) is 27.4 Å². The number of ether oxygens (including phenoxy) is 2. The fourth-order valence-electron chi connectivity index (χ4n) is 2.50. The van der Waals surface area contributed by atoms with Gasteiger partial charge in [-0.2, -0.15) is 0 Å². The molecule has 3 nitrogen and oxygen atoms in total. The molecule has 1 unspecified atom stereocenters. The third-order valence-electron chi connectivity index (χ3n) is 3.72. The maximum Gasteiger partial charge on any atom is 0.119 e. The predicted molar refractivity (Wildman–Crippen MR) is 88.2 cm³/mol. The second-order valence-corrected chi connectivity index (χ2v) is 5.27. The van der Waals surface area contributed by atoms with Crippen LogP contribution in [0.15, 0.2) is 36.4 Å². The van der Waals surface area contributed by atoms with E-state index in [1.807, 2.05) is 13.1 Å². The van der Waals surface area contributed by atoms with Crippen molar-refractivity contribution >= 4 is 10.8 Å². The zero-order chi connectivity index (χ0) is 15.1. The maximum atomic E-state index is 5.68. The van der Waals surface area contributed by atoms with E-state index in [-0.39, 0.29) is 0 Å². The van der Waals surface area contributed by atoms with E-state index in [9.17, 15) is 0 Å². The van der Waals surface area contributed by atoms with Crippen LogP contribution in [0.4, 0.5) is 0 Å². The van der Waals surface area contributed by atoms with Crippen LogP contribution in [0.25, 0.3) is 10.8 Å². The molecule has 0 spiro atoms. The summed E-state index contributed by atoms with van der Waals surface area (Å²) in [6, 6.07) is 13.0. The van der Waals surface area contributed by atoms with Gasteiger partial charge < -0.3 is 14.8 Å². The lowest BCUT2D eigenvalue weighted by Crippen LogP contribution is -2.32. The van der Waals surface area contributed by atoms with Crippen molar-refractivity contribution < 1.29 is 9.47 Å². The predicted octanol–water partition coefficient (Wildman–Crippen LogP) is 3.41. The summed E-state index contributed by atoms with van der Waals surface area (Å²) in [6.07, 6.45) is 2.01. The van der Waals surface area contributed by atoms with Crippen molar-refractivity contribution in [3.8, 4) is 5.75 Å². The number of methoxy groups -OCH3 is 1. The Labute approximate surface area is 127 Å². The first kappa shape index (κ1) is 15.8. The molecule has 0 aliphatic rings. The summed E-state index contributed by atoms with van der Waals surface area (Å²) in [4.78, 5) is 0. The van der Waals surface area contributed by atoms with Gasteiger partial charge in [-0.3, -0.25) is 0 Å². The Morgan fingerprint density at radius 1 is 1.19 bits per heavy atom. The third kappa shape index (κ3) is 4.19. The van der Waals surface area contributed by atoms with Gasteiger partial charge in [0, 0.05) is 12.6 Å². The minimum absolute atomic E-state index is 0.327. The van der Waals surface area contributed by atoms with Crippen LogP contribution in [0.1, 0.15) is 18.9 Å². The molecular weight excluding hydrogens is 262 g/mol. The van der Waals surface area contributed by atoms with Gasteiger partial charge in [-0.05, 0) is 48.4 Å². The van der Waals surface area contributed by atoms with Gasteiger partial charge in [0.25, 0.3) is 0 Å². The molecule has 1 N–H and O–H groups in total. The van der Waals surface area contributed by atoms with Crippen molar-refractivity contribution in [3.05, 3.63) is 42.0 Å². The van der Waals surface area contributed by atoms with E-state index in [2.05, 4.69) is 42.6 Å². The summed E-state index contributed by atoms with van der Waals surface area (Å²) in [5, 5.41) is 5.85. The first-order valence-corrected chi connectivity index (χ1v) is 7.59. The molecule has 114 valence electrons.